The highest BCUT2D eigenvalue weighted by atomic mass is 35.5. The van der Waals surface area contributed by atoms with E-state index in [4.69, 9.17) is 21.4 Å². The maximum atomic E-state index is 13.5. The topological polar surface area (TPSA) is 63.9 Å². The van der Waals surface area contributed by atoms with E-state index in [9.17, 15) is 9.59 Å². The summed E-state index contributed by atoms with van der Waals surface area (Å²) in [6.07, 6.45) is 7.66. The minimum atomic E-state index is -0.120. The largest absolute Gasteiger partial charge is 0.497 e. The molecule has 3 aromatic rings. The van der Waals surface area contributed by atoms with Gasteiger partial charge in [-0.15, -0.1) is 0 Å². The molecule has 1 aliphatic carbocycles. The molecule has 182 valence electrons. The standard InChI is InChI=1S/C28H30ClN3O3/c1-18-24(15-21-16-27(33)32(30-21)22-7-5-3-4-6-8-22)25-17-23(35-2)13-14-26(25)31(18)28(34)19-9-11-20(29)12-10-19/h9-14,17,22H,3-8,15-16H2,1-2H3. The van der Waals surface area contributed by atoms with Crippen LogP contribution in [0.2, 0.25) is 5.02 Å². The van der Waals surface area contributed by atoms with E-state index in [1.807, 2.05) is 25.1 Å². The Morgan fingerprint density at radius 1 is 1.09 bits per heavy atom. The summed E-state index contributed by atoms with van der Waals surface area (Å²) in [7, 11) is 1.63. The molecule has 0 atom stereocenters. The number of carbonyl (C=O) groups excluding carboxylic acids is 2. The van der Waals surface area contributed by atoms with Gasteiger partial charge in [0.05, 0.1) is 30.8 Å². The van der Waals surface area contributed by atoms with E-state index in [0.29, 0.717) is 23.4 Å². The minimum absolute atomic E-state index is 0.0862. The Balaban J connectivity index is 1.53. The number of halogens is 1. The van der Waals surface area contributed by atoms with Gasteiger partial charge in [0.1, 0.15) is 5.75 Å². The predicted octanol–water partition coefficient (Wildman–Crippen LogP) is 6.15. The Morgan fingerprint density at radius 2 is 1.80 bits per heavy atom. The molecular formula is C28H30ClN3O3. The van der Waals surface area contributed by atoms with Gasteiger partial charge in [-0.2, -0.15) is 5.10 Å². The van der Waals surface area contributed by atoms with Crippen LogP contribution < -0.4 is 4.74 Å². The van der Waals surface area contributed by atoms with Gasteiger partial charge in [0, 0.05) is 28.1 Å². The summed E-state index contributed by atoms with van der Waals surface area (Å²) in [5.74, 6) is 0.688. The fraction of sp³-hybridized carbons (Fsp3) is 0.393. The maximum Gasteiger partial charge on any atom is 0.262 e. The minimum Gasteiger partial charge on any atom is -0.497 e. The van der Waals surface area contributed by atoms with E-state index in [-0.39, 0.29) is 17.9 Å². The first-order valence-electron chi connectivity index (χ1n) is 12.3. The number of fused-ring (bicyclic) bond motifs is 1. The van der Waals surface area contributed by atoms with Crippen LogP contribution in [0.5, 0.6) is 5.75 Å². The number of methoxy groups -OCH3 is 1. The summed E-state index contributed by atoms with van der Waals surface area (Å²) in [6.45, 7) is 1.95. The monoisotopic (exact) mass is 491 g/mol. The first-order chi connectivity index (χ1) is 17.0. The lowest BCUT2D eigenvalue weighted by Crippen LogP contribution is -2.32. The summed E-state index contributed by atoms with van der Waals surface area (Å²) < 4.78 is 7.22. The molecule has 2 heterocycles. The van der Waals surface area contributed by atoms with Crippen molar-refractivity contribution in [2.45, 2.75) is 64.3 Å². The Morgan fingerprint density at radius 3 is 2.49 bits per heavy atom. The molecule has 2 aliphatic rings. The lowest BCUT2D eigenvalue weighted by Gasteiger charge is -2.22. The van der Waals surface area contributed by atoms with Gasteiger partial charge in [-0.3, -0.25) is 14.2 Å². The van der Waals surface area contributed by atoms with E-state index < -0.39 is 0 Å². The number of ether oxygens (including phenoxy) is 1. The van der Waals surface area contributed by atoms with Crippen LogP contribution in [0, 0.1) is 6.92 Å². The van der Waals surface area contributed by atoms with E-state index in [1.54, 1.807) is 41.0 Å². The second kappa shape index (κ2) is 9.86. The molecule has 35 heavy (non-hydrogen) atoms. The van der Waals surface area contributed by atoms with Gasteiger partial charge >= 0.3 is 0 Å². The fourth-order valence-electron chi connectivity index (χ4n) is 5.38. The van der Waals surface area contributed by atoms with Crippen LogP contribution in [0.25, 0.3) is 10.9 Å². The number of aromatic nitrogens is 1. The molecule has 6 nitrogen and oxygen atoms in total. The molecule has 0 saturated heterocycles. The van der Waals surface area contributed by atoms with Crippen molar-refractivity contribution < 1.29 is 14.3 Å². The van der Waals surface area contributed by atoms with Crippen LogP contribution in [-0.4, -0.2) is 40.3 Å². The van der Waals surface area contributed by atoms with Crippen molar-refractivity contribution in [1.82, 2.24) is 9.58 Å². The molecule has 5 rings (SSSR count). The molecule has 1 saturated carbocycles. The molecule has 1 aromatic heterocycles. The Hall–Kier alpha value is -3.12. The molecule has 0 N–H and O–H groups in total. The number of hydrazone groups is 1. The number of rotatable bonds is 5. The number of hydrogen-bond donors (Lipinski definition) is 0. The van der Waals surface area contributed by atoms with Gasteiger partial charge in [0.2, 0.25) is 5.91 Å². The van der Waals surface area contributed by atoms with Crippen LogP contribution >= 0.6 is 11.6 Å². The lowest BCUT2D eigenvalue weighted by atomic mass is 10.0. The average molecular weight is 492 g/mol. The predicted molar refractivity (Wildman–Crippen MR) is 138 cm³/mol. The zero-order chi connectivity index (χ0) is 24.5. The van der Waals surface area contributed by atoms with Gasteiger partial charge in [0.25, 0.3) is 5.91 Å². The average Bonchev–Trinajstić information content (AvgIpc) is 3.20. The van der Waals surface area contributed by atoms with E-state index in [2.05, 4.69) is 0 Å². The SMILES string of the molecule is COc1ccc2c(c1)c(CC1=NN(C3CCCCCC3)C(=O)C1)c(C)n2C(=O)c1ccc(Cl)cc1. The van der Waals surface area contributed by atoms with Gasteiger partial charge < -0.3 is 4.74 Å². The first kappa shape index (κ1) is 23.6. The molecule has 1 amide bonds. The number of nitrogens with zero attached hydrogens (tertiary/aromatic N) is 3. The quantitative estimate of drug-likeness (QED) is 0.402. The first-order valence-corrected chi connectivity index (χ1v) is 12.7. The van der Waals surface area contributed by atoms with Crippen molar-refractivity contribution >= 4 is 40.0 Å². The van der Waals surface area contributed by atoms with E-state index >= 15 is 0 Å². The van der Waals surface area contributed by atoms with E-state index in [1.165, 1.54) is 12.8 Å². The third kappa shape index (κ3) is 4.59. The molecule has 1 fully saturated rings. The summed E-state index contributed by atoms with van der Waals surface area (Å²) in [4.78, 5) is 26.4. The molecule has 0 unspecified atom stereocenters. The fourth-order valence-corrected chi connectivity index (χ4v) is 5.51. The normalized spacial score (nSPS) is 17.1. The van der Waals surface area contributed by atoms with Gasteiger partial charge in [-0.05, 0) is 67.8 Å². The van der Waals surface area contributed by atoms with Crippen molar-refractivity contribution in [1.29, 1.82) is 0 Å². The van der Waals surface area contributed by atoms with Crippen LogP contribution in [0.1, 0.15) is 66.6 Å². The third-order valence-corrected chi connectivity index (χ3v) is 7.50. The molecule has 0 radical (unpaired) electrons. The smallest absolute Gasteiger partial charge is 0.262 e. The Kier molecular flexibility index (Phi) is 6.65. The van der Waals surface area contributed by atoms with E-state index in [0.717, 1.165) is 59.3 Å². The molecular weight excluding hydrogens is 462 g/mol. The summed E-state index contributed by atoms with van der Waals surface area (Å²) in [5.41, 5.74) is 4.06. The Labute approximate surface area is 210 Å². The lowest BCUT2D eigenvalue weighted by molar-refractivity contribution is -0.131. The summed E-state index contributed by atoms with van der Waals surface area (Å²) in [6, 6.07) is 12.9. The molecule has 0 spiro atoms. The van der Waals surface area contributed by atoms with Crippen molar-refractivity contribution in [3.63, 3.8) is 0 Å². The molecule has 0 bridgehead atoms. The van der Waals surface area contributed by atoms with Crippen molar-refractivity contribution in [2.75, 3.05) is 7.11 Å². The zero-order valence-electron chi connectivity index (χ0n) is 20.2. The number of hydrogen-bond acceptors (Lipinski definition) is 4. The van der Waals surface area contributed by atoms with Crippen LogP contribution in [0.3, 0.4) is 0 Å². The third-order valence-electron chi connectivity index (χ3n) is 7.25. The van der Waals surface area contributed by atoms with Crippen molar-refractivity contribution in [3.8, 4) is 5.75 Å². The van der Waals surface area contributed by atoms with Gasteiger partial charge in [0.15, 0.2) is 0 Å². The number of benzene rings is 2. The summed E-state index contributed by atoms with van der Waals surface area (Å²) >= 11 is 6.03. The van der Waals surface area contributed by atoms with Crippen molar-refractivity contribution in [3.05, 3.63) is 64.3 Å². The second-order valence-corrected chi connectivity index (χ2v) is 9.93. The zero-order valence-corrected chi connectivity index (χ0v) is 21.0. The van der Waals surface area contributed by atoms with Crippen LogP contribution in [0.4, 0.5) is 0 Å². The van der Waals surface area contributed by atoms with Crippen LogP contribution in [0.15, 0.2) is 47.6 Å². The molecule has 2 aromatic carbocycles. The highest BCUT2D eigenvalue weighted by Gasteiger charge is 2.31. The van der Waals surface area contributed by atoms with Crippen LogP contribution in [-0.2, 0) is 11.2 Å². The second-order valence-electron chi connectivity index (χ2n) is 9.50. The Bertz CT molecular complexity index is 1300. The van der Waals surface area contributed by atoms with Gasteiger partial charge in [-0.25, -0.2) is 5.01 Å². The number of amides is 1. The number of carbonyl (C=O) groups is 2. The highest BCUT2D eigenvalue weighted by Crippen LogP contribution is 2.33. The molecule has 1 aliphatic heterocycles. The van der Waals surface area contributed by atoms with Gasteiger partial charge in [-0.1, -0.05) is 37.3 Å². The highest BCUT2D eigenvalue weighted by molar-refractivity contribution is 6.30. The maximum absolute atomic E-state index is 13.5. The summed E-state index contributed by atoms with van der Waals surface area (Å²) in [5, 5.41) is 8.07. The van der Waals surface area contributed by atoms with Crippen molar-refractivity contribution in [2.24, 2.45) is 5.10 Å². The molecule has 7 heteroatoms.